The quantitative estimate of drug-likeness (QED) is 0.584. The highest BCUT2D eigenvalue weighted by Gasteiger charge is 2.25. The van der Waals surface area contributed by atoms with Gasteiger partial charge in [0.05, 0.1) is 30.1 Å². The minimum absolute atomic E-state index is 0.0886. The summed E-state index contributed by atoms with van der Waals surface area (Å²) in [5.41, 5.74) is 14.3. The van der Waals surface area contributed by atoms with Crippen LogP contribution in [0.1, 0.15) is 41.3 Å². The number of amides is 1. The number of hydrogen-bond acceptors (Lipinski definition) is 5. The van der Waals surface area contributed by atoms with Crippen molar-refractivity contribution in [1.29, 1.82) is 0 Å². The first kappa shape index (κ1) is 22.5. The van der Waals surface area contributed by atoms with Gasteiger partial charge < -0.3 is 21.5 Å². The van der Waals surface area contributed by atoms with E-state index in [1.807, 2.05) is 13.0 Å². The number of primary amides is 1. The highest BCUT2D eigenvalue weighted by atomic mass is 19.1. The molecular weight excluding hydrogens is 404 g/mol. The van der Waals surface area contributed by atoms with E-state index in [0.29, 0.717) is 41.8 Å². The molecule has 1 aromatic carbocycles. The first-order valence-electron chi connectivity index (χ1n) is 10.1. The monoisotopic (exact) mass is 431 g/mol. The first-order chi connectivity index (χ1) is 14.8. The normalized spacial score (nSPS) is 20.0. The fourth-order valence-corrected chi connectivity index (χ4v) is 3.47. The van der Waals surface area contributed by atoms with Gasteiger partial charge in [-0.25, -0.2) is 13.5 Å². The Labute approximate surface area is 179 Å². The lowest BCUT2D eigenvalue weighted by molar-refractivity contribution is 0.0163. The number of nitrogens with two attached hydrogens (primary N) is 2. The average molecular weight is 431 g/mol. The fraction of sp³-hybridized carbons (Fsp3) is 0.364. The molecule has 1 aliphatic rings. The van der Waals surface area contributed by atoms with Crippen LogP contribution in [0.5, 0.6) is 0 Å². The maximum Gasteiger partial charge on any atom is 0.251 e. The van der Waals surface area contributed by atoms with Crippen molar-refractivity contribution >= 4 is 11.5 Å². The molecule has 2 atom stereocenters. The lowest BCUT2D eigenvalue weighted by Crippen LogP contribution is -2.43. The molecule has 1 fully saturated rings. The Morgan fingerprint density at radius 1 is 1.45 bits per heavy atom. The molecule has 1 aromatic heterocycles. The molecule has 7 nitrogen and oxygen atoms in total. The van der Waals surface area contributed by atoms with E-state index in [4.69, 9.17) is 16.2 Å². The van der Waals surface area contributed by atoms with Crippen LogP contribution >= 0.6 is 0 Å². The summed E-state index contributed by atoms with van der Waals surface area (Å²) < 4.78 is 34.8. The van der Waals surface area contributed by atoms with Crippen LogP contribution < -0.4 is 16.8 Å². The van der Waals surface area contributed by atoms with Gasteiger partial charge in [0.1, 0.15) is 12.0 Å². The van der Waals surface area contributed by atoms with Crippen molar-refractivity contribution in [3.8, 4) is 5.69 Å². The van der Waals surface area contributed by atoms with Crippen LogP contribution in [0, 0.1) is 12.7 Å². The van der Waals surface area contributed by atoms with Crippen LogP contribution in [0.3, 0.4) is 0 Å². The van der Waals surface area contributed by atoms with Crippen molar-refractivity contribution < 1.29 is 18.3 Å². The zero-order valence-electron chi connectivity index (χ0n) is 17.6. The maximum absolute atomic E-state index is 14.1. The Morgan fingerprint density at radius 2 is 2.23 bits per heavy atom. The number of carbonyl (C=O) groups excluding carboxylic acids is 1. The molecule has 0 bridgehead atoms. The number of aryl methyl sites for hydroxylation is 1. The molecule has 2 aromatic rings. The van der Waals surface area contributed by atoms with Gasteiger partial charge in [-0.15, -0.1) is 0 Å². The van der Waals surface area contributed by atoms with Crippen molar-refractivity contribution in [1.82, 2.24) is 15.1 Å². The van der Waals surface area contributed by atoms with Gasteiger partial charge >= 0.3 is 0 Å². The Morgan fingerprint density at radius 3 is 2.87 bits per heavy atom. The number of hydrogen-bond donors (Lipinski definition) is 3. The first-order valence-corrected chi connectivity index (χ1v) is 10.1. The van der Waals surface area contributed by atoms with Gasteiger partial charge in [0.2, 0.25) is 0 Å². The predicted octanol–water partition coefficient (Wildman–Crippen LogP) is 2.73. The summed E-state index contributed by atoms with van der Waals surface area (Å²) in [6.45, 7) is 4.29. The van der Waals surface area contributed by atoms with E-state index in [2.05, 4.69) is 10.4 Å². The molecular formula is C22H27F2N5O2. The Bertz CT molecular complexity index is 1020. The van der Waals surface area contributed by atoms with Gasteiger partial charge in [-0.3, -0.25) is 4.79 Å². The third kappa shape index (κ3) is 5.11. The second-order valence-electron chi connectivity index (χ2n) is 7.43. The van der Waals surface area contributed by atoms with Gasteiger partial charge in [-0.05, 0) is 43.5 Å². The van der Waals surface area contributed by atoms with E-state index in [1.54, 1.807) is 19.3 Å². The minimum atomic E-state index is -1.07. The zero-order chi connectivity index (χ0) is 22.5. The van der Waals surface area contributed by atoms with Crippen LogP contribution in [0.25, 0.3) is 11.3 Å². The number of alkyl halides is 1. The topological polar surface area (TPSA) is 108 Å². The van der Waals surface area contributed by atoms with Crippen molar-refractivity contribution in [3.63, 3.8) is 0 Å². The lowest BCUT2D eigenvalue weighted by Gasteiger charge is -2.28. The number of rotatable bonds is 7. The Kier molecular flexibility index (Phi) is 7.06. The average Bonchev–Trinajstić information content (AvgIpc) is 3.21. The molecule has 166 valence electrons. The number of aromatic nitrogens is 2. The molecule has 1 aliphatic heterocycles. The highest BCUT2D eigenvalue weighted by molar-refractivity contribution is 5.93. The number of ether oxygens (including phenoxy) is 1. The molecule has 5 N–H and O–H groups in total. The Balaban J connectivity index is 1.87. The van der Waals surface area contributed by atoms with Crippen LogP contribution in [0.15, 0.2) is 42.5 Å². The van der Waals surface area contributed by atoms with E-state index in [-0.39, 0.29) is 18.2 Å². The molecule has 0 aliphatic carbocycles. The third-order valence-corrected chi connectivity index (χ3v) is 5.26. The standard InChI is InChI=1S/C22H27F2N5O2/c1-3-16(28-20-4-5-31-12-19(20)24)7-14(9-25)15-10-27-29(11-15)21-8-17(22(26)30)18(23)6-13(21)2/h6-11,19-20,28H,3-5,12,25H2,1-2H3,(H2,26,30)/b14-9+,16-7+. The molecule has 0 saturated carbocycles. The largest absolute Gasteiger partial charge is 0.404 e. The van der Waals surface area contributed by atoms with Crippen LogP contribution in [0.2, 0.25) is 0 Å². The second kappa shape index (κ2) is 9.74. The van der Waals surface area contributed by atoms with Crippen LogP contribution in [0.4, 0.5) is 8.78 Å². The Hall–Kier alpha value is -3.20. The molecule has 9 heteroatoms. The van der Waals surface area contributed by atoms with E-state index < -0.39 is 17.9 Å². The van der Waals surface area contributed by atoms with E-state index in [1.165, 1.54) is 23.0 Å². The van der Waals surface area contributed by atoms with Crippen LogP contribution in [-0.2, 0) is 4.74 Å². The second-order valence-corrected chi connectivity index (χ2v) is 7.43. The van der Waals surface area contributed by atoms with Gasteiger partial charge in [-0.2, -0.15) is 5.10 Å². The number of allylic oxidation sites excluding steroid dienone is 3. The summed E-state index contributed by atoms with van der Waals surface area (Å²) in [7, 11) is 0. The number of carbonyl (C=O) groups is 1. The number of nitrogens with zero attached hydrogens (tertiary/aromatic N) is 2. The zero-order valence-corrected chi connectivity index (χ0v) is 17.6. The minimum Gasteiger partial charge on any atom is -0.404 e. The summed E-state index contributed by atoms with van der Waals surface area (Å²) >= 11 is 0. The SMILES string of the molecule is CC/C(=C\C(=C/N)c1cnn(-c2cc(C(N)=O)c(F)cc2C)c1)NC1CCOCC1F. The van der Waals surface area contributed by atoms with Crippen molar-refractivity contribution in [2.75, 3.05) is 13.2 Å². The van der Waals surface area contributed by atoms with Crippen LogP contribution in [-0.4, -0.2) is 41.1 Å². The lowest BCUT2D eigenvalue weighted by atomic mass is 10.0. The molecule has 2 heterocycles. The summed E-state index contributed by atoms with van der Waals surface area (Å²) in [6, 6.07) is 2.31. The number of halogens is 2. The summed E-state index contributed by atoms with van der Waals surface area (Å²) in [4.78, 5) is 11.5. The molecule has 2 unspecified atom stereocenters. The molecule has 1 amide bonds. The van der Waals surface area contributed by atoms with Gasteiger partial charge in [0.15, 0.2) is 0 Å². The summed E-state index contributed by atoms with van der Waals surface area (Å²) in [5, 5.41) is 7.58. The molecule has 31 heavy (non-hydrogen) atoms. The number of nitrogens with one attached hydrogen (secondary N) is 1. The predicted molar refractivity (Wildman–Crippen MR) is 115 cm³/mol. The summed E-state index contributed by atoms with van der Waals surface area (Å²) in [6.07, 6.45) is 6.82. The van der Waals surface area contributed by atoms with E-state index >= 15 is 0 Å². The maximum atomic E-state index is 14.1. The highest BCUT2D eigenvalue weighted by Crippen LogP contribution is 2.23. The molecule has 0 radical (unpaired) electrons. The van der Waals surface area contributed by atoms with Crippen molar-refractivity contribution in [2.45, 2.75) is 38.9 Å². The van der Waals surface area contributed by atoms with Crippen molar-refractivity contribution in [3.05, 3.63) is 65.0 Å². The van der Waals surface area contributed by atoms with Gasteiger partial charge in [0.25, 0.3) is 5.91 Å². The van der Waals surface area contributed by atoms with E-state index in [0.717, 1.165) is 5.70 Å². The summed E-state index contributed by atoms with van der Waals surface area (Å²) in [5.74, 6) is -1.53. The molecule has 0 spiro atoms. The van der Waals surface area contributed by atoms with Gasteiger partial charge in [0, 0.05) is 35.8 Å². The number of benzene rings is 1. The van der Waals surface area contributed by atoms with E-state index in [9.17, 15) is 13.6 Å². The molecule has 1 saturated heterocycles. The smallest absolute Gasteiger partial charge is 0.251 e. The fourth-order valence-electron chi connectivity index (χ4n) is 3.47. The molecule has 3 rings (SSSR count). The third-order valence-electron chi connectivity index (χ3n) is 5.26. The van der Waals surface area contributed by atoms with Gasteiger partial charge in [-0.1, -0.05) is 6.92 Å². The van der Waals surface area contributed by atoms with Crippen molar-refractivity contribution in [2.24, 2.45) is 11.5 Å².